The maximum atomic E-state index is 13.5. The first kappa shape index (κ1) is 22.6. The van der Waals surface area contributed by atoms with Crippen LogP contribution in [0.25, 0.3) is 10.9 Å². The zero-order valence-corrected chi connectivity index (χ0v) is 18.5. The van der Waals surface area contributed by atoms with Gasteiger partial charge in [-0.3, -0.25) is 9.59 Å². The fourth-order valence-corrected chi connectivity index (χ4v) is 5.30. The van der Waals surface area contributed by atoms with Gasteiger partial charge in [0.2, 0.25) is 11.8 Å². The number of benzene rings is 1. The highest BCUT2D eigenvalue weighted by Gasteiger charge is 2.47. The number of aromatic nitrogens is 1. The van der Waals surface area contributed by atoms with Gasteiger partial charge in [0.15, 0.2) is 5.75 Å². The van der Waals surface area contributed by atoms with E-state index in [1.54, 1.807) is 11.0 Å². The summed E-state index contributed by atoms with van der Waals surface area (Å²) in [6.07, 6.45) is -0.132. The largest absolute Gasteiger partial charge is 0.573 e. The zero-order valence-electron chi connectivity index (χ0n) is 18.5. The summed E-state index contributed by atoms with van der Waals surface area (Å²) in [6.45, 7) is 0.678. The Labute approximate surface area is 194 Å². The summed E-state index contributed by atoms with van der Waals surface area (Å²) in [5.74, 6) is -1.56. The molecule has 0 radical (unpaired) electrons. The van der Waals surface area contributed by atoms with Crippen LogP contribution in [0, 0.1) is 23.2 Å². The maximum Gasteiger partial charge on any atom is 0.573 e. The lowest BCUT2D eigenvalue weighted by Gasteiger charge is -2.36. The van der Waals surface area contributed by atoms with E-state index in [2.05, 4.69) is 21.1 Å². The van der Waals surface area contributed by atoms with Crippen LogP contribution in [0.5, 0.6) is 5.75 Å². The number of rotatable bonds is 4. The van der Waals surface area contributed by atoms with Crippen molar-refractivity contribution in [1.29, 1.82) is 5.26 Å². The van der Waals surface area contributed by atoms with Crippen LogP contribution in [0.2, 0.25) is 0 Å². The summed E-state index contributed by atoms with van der Waals surface area (Å²) in [4.78, 5) is 31.3. The number of amides is 2. The van der Waals surface area contributed by atoms with E-state index in [0.29, 0.717) is 44.0 Å². The molecule has 0 saturated heterocycles. The van der Waals surface area contributed by atoms with Gasteiger partial charge in [-0.25, -0.2) is 0 Å². The van der Waals surface area contributed by atoms with Crippen LogP contribution in [0.1, 0.15) is 49.8 Å². The number of nitrogens with zero attached hydrogens (tertiary/aromatic N) is 2. The number of carbonyl (C=O) groups excluding carboxylic acids is 2. The van der Waals surface area contributed by atoms with Gasteiger partial charge in [0.25, 0.3) is 0 Å². The van der Waals surface area contributed by atoms with Crippen LogP contribution in [0.15, 0.2) is 18.2 Å². The molecule has 2 heterocycles. The van der Waals surface area contributed by atoms with Crippen molar-refractivity contribution in [3.63, 3.8) is 0 Å². The molecule has 3 aliphatic rings. The van der Waals surface area contributed by atoms with Gasteiger partial charge < -0.3 is 19.9 Å². The maximum absolute atomic E-state index is 13.5. The van der Waals surface area contributed by atoms with Gasteiger partial charge in [0.1, 0.15) is 5.54 Å². The third-order valence-corrected chi connectivity index (χ3v) is 7.26. The van der Waals surface area contributed by atoms with Gasteiger partial charge >= 0.3 is 6.36 Å². The Bertz CT molecular complexity index is 1180. The lowest BCUT2D eigenvalue weighted by Crippen LogP contribution is -2.48. The Kier molecular flexibility index (Phi) is 5.46. The number of nitriles is 1. The minimum Gasteiger partial charge on any atom is -0.404 e. The number of halogens is 3. The second kappa shape index (κ2) is 8.22. The minimum absolute atomic E-state index is 0.107. The number of para-hydroxylation sites is 1. The minimum atomic E-state index is -4.80. The van der Waals surface area contributed by atoms with Crippen molar-refractivity contribution in [2.45, 2.75) is 63.4 Å². The lowest BCUT2D eigenvalue weighted by atomic mass is 9.77. The van der Waals surface area contributed by atoms with Crippen molar-refractivity contribution in [2.75, 3.05) is 6.54 Å². The molecule has 1 aromatic heterocycles. The van der Waals surface area contributed by atoms with Crippen LogP contribution in [-0.4, -0.2) is 40.1 Å². The topological polar surface area (TPSA) is 98.2 Å². The molecule has 1 unspecified atom stereocenters. The first-order valence-corrected chi connectivity index (χ1v) is 11.6. The van der Waals surface area contributed by atoms with Crippen molar-refractivity contribution < 1.29 is 27.5 Å². The average molecular weight is 474 g/mol. The summed E-state index contributed by atoms with van der Waals surface area (Å²) in [7, 11) is 0. The van der Waals surface area contributed by atoms with Crippen LogP contribution in [0.3, 0.4) is 0 Å². The Balaban J connectivity index is 1.36. The number of hydrogen-bond donors (Lipinski definition) is 2. The van der Waals surface area contributed by atoms with Gasteiger partial charge in [-0.05, 0) is 31.7 Å². The van der Waals surface area contributed by atoms with Crippen molar-refractivity contribution in [1.82, 2.24) is 15.2 Å². The average Bonchev–Trinajstić information content (AvgIpc) is 3.48. The van der Waals surface area contributed by atoms with E-state index in [-0.39, 0.29) is 29.6 Å². The first-order valence-electron chi connectivity index (χ1n) is 11.6. The fourth-order valence-electron chi connectivity index (χ4n) is 5.30. The van der Waals surface area contributed by atoms with E-state index < -0.39 is 23.7 Å². The van der Waals surface area contributed by atoms with E-state index in [4.69, 9.17) is 0 Å². The molecule has 2 aliphatic carbocycles. The smallest absolute Gasteiger partial charge is 0.404 e. The number of alkyl halides is 3. The van der Waals surface area contributed by atoms with Gasteiger partial charge in [-0.1, -0.05) is 25.0 Å². The van der Waals surface area contributed by atoms with Crippen LogP contribution >= 0.6 is 0 Å². The summed E-state index contributed by atoms with van der Waals surface area (Å²) in [5, 5.41) is 12.8. The Morgan fingerprint density at radius 2 is 1.94 bits per heavy atom. The first-order chi connectivity index (χ1) is 16.2. The molecular weight excluding hydrogens is 449 g/mol. The second-order valence-electron chi connectivity index (χ2n) is 9.50. The van der Waals surface area contributed by atoms with Gasteiger partial charge in [-0.2, -0.15) is 5.26 Å². The zero-order chi connectivity index (χ0) is 24.1. The molecule has 5 rings (SSSR count). The molecular formula is C24H25F3N4O3. The third kappa shape index (κ3) is 4.19. The Hall–Kier alpha value is -3.22. The number of aromatic amines is 1. The Morgan fingerprint density at radius 1 is 1.21 bits per heavy atom. The molecule has 180 valence electrons. The van der Waals surface area contributed by atoms with E-state index in [1.165, 1.54) is 12.1 Å². The summed E-state index contributed by atoms with van der Waals surface area (Å²) in [5.41, 5.74) is 1.06. The number of hydrogen-bond acceptors (Lipinski definition) is 4. The van der Waals surface area contributed by atoms with Crippen molar-refractivity contribution in [2.24, 2.45) is 11.8 Å². The molecule has 2 atom stereocenters. The molecule has 0 spiro atoms. The molecule has 2 aromatic rings. The molecule has 0 bridgehead atoms. The number of ether oxygens (including phenoxy) is 1. The molecule has 1 aliphatic heterocycles. The second-order valence-corrected chi connectivity index (χ2v) is 9.50. The predicted molar refractivity (Wildman–Crippen MR) is 115 cm³/mol. The van der Waals surface area contributed by atoms with Crippen LogP contribution < -0.4 is 10.1 Å². The van der Waals surface area contributed by atoms with Gasteiger partial charge in [0.05, 0.1) is 11.6 Å². The van der Waals surface area contributed by atoms with E-state index >= 15 is 0 Å². The summed E-state index contributed by atoms with van der Waals surface area (Å²) < 4.78 is 42.6. The highest BCUT2D eigenvalue weighted by atomic mass is 19.4. The number of carbonyl (C=O) groups is 2. The quantitative estimate of drug-likeness (QED) is 0.702. The third-order valence-electron chi connectivity index (χ3n) is 7.26. The van der Waals surface area contributed by atoms with Crippen molar-refractivity contribution >= 4 is 22.7 Å². The molecule has 34 heavy (non-hydrogen) atoms. The normalized spacial score (nSPS) is 23.6. The lowest BCUT2D eigenvalue weighted by molar-refractivity contribution is -0.274. The fraction of sp³-hybridized carbons (Fsp3) is 0.542. The highest BCUT2D eigenvalue weighted by molar-refractivity contribution is 5.92. The number of nitrogens with one attached hydrogen (secondary N) is 2. The van der Waals surface area contributed by atoms with E-state index in [9.17, 15) is 28.0 Å². The van der Waals surface area contributed by atoms with Crippen molar-refractivity contribution in [3.8, 4) is 11.8 Å². The molecule has 1 aromatic carbocycles. The van der Waals surface area contributed by atoms with E-state index in [1.807, 2.05) is 0 Å². The molecule has 2 fully saturated rings. The van der Waals surface area contributed by atoms with Gasteiger partial charge in [0, 0.05) is 48.0 Å². The SMILES string of the molecule is N#CC1(NC(=O)C2CCCC[C@H]2C(=O)N2CCc3[nH]c4c(OC(F)(F)F)cccc4c3C2)CC1. The van der Waals surface area contributed by atoms with E-state index in [0.717, 1.165) is 24.1 Å². The number of fused-ring (bicyclic) bond motifs is 3. The molecule has 7 nitrogen and oxygen atoms in total. The highest BCUT2D eigenvalue weighted by Crippen LogP contribution is 2.39. The summed E-state index contributed by atoms with van der Waals surface area (Å²) >= 11 is 0. The standard InChI is InChI=1S/C24H25F3N4O3/c25-24(26,27)34-19-7-3-6-14-17-12-31(11-8-18(17)29-20(14)19)22(33)16-5-2-1-4-15(16)21(32)30-23(13-28)9-10-23/h3,6-7,15-16,29H,1-2,4-5,8-12H2,(H,30,32)/t15?,16-/m1/s1. The monoisotopic (exact) mass is 474 g/mol. The molecule has 2 amide bonds. The number of H-pyrrole nitrogens is 1. The summed E-state index contributed by atoms with van der Waals surface area (Å²) in [6, 6.07) is 6.65. The molecule has 2 saturated carbocycles. The molecule has 2 N–H and O–H groups in total. The predicted octanol–water partition coefficient (Wildman–Crippen LogP) is 3.93. The van der Waals surface area contributed by atoms with Crippen LogP contribution in [-0.2, 0) is 22.6 Å². The Morgan fingerprint density at radius 3 is 2.62 bits per heavy atom. The van der Waals surface area contributed by atoms with Gasteiger partial charge in [-0.15, -0.1) is 13.2 Å². The van der Waals surface area contributed by atoms with Crippen molar-refractivity contribution in [3.05, 3.63) is 29.5 Å². The molecule has 10 heteroatoms. The van der Waals surface area contributed by atoms with Crippen LogP contribution in [0.4, 0.5) is 13.2 Å².